The van der Waals surface area contributed by atoms with E-state index in [1.54, 1.807) is 6.07 Å². The molecule has 0 heterocycles. The van der Waals surface area contributed by atoms with E-state index in [9.17, 15) is 5.11 Å². The van der Waals surface area contributed by atoms with Crippen molar-refractivity contribution in [3.8, 4) is 5.75 Å². The van der Waals surface area contributed by atoms with Gasteiger partial charge < -0.3 is 5.11 Å². The molecule has 1 atom stereocenters. The van der Waals surface area contributed by atoms with E-state index in [1.807, 2.05) is 12.1 Å². The molecule has 17 heavy (non-hydrogen) atoms. The largest absolute Gasteiger partial charge is 0.508 e. The van der Waals surface area contributed by atoms with Crippen LogP contribution in [0.25, 0.3) is 0 Å². The maximum atomic E-state index is 9.80. The second kappa shape index (κ2) is 6.41. The summed E-state index contributed by atoms with van der Waals surface area (Å²) in [7, 11) is 2.10. The third-order valence-electron chi connectivity index (χ3n) is 3.03. The Balaban J connectivity index is 2.67. The molecule has 0 radical (unpaired) electrons. The van der Waals surface area contributed by atoms with E-state index in [0.717, 1.165) is 16.6 Å². The first kappa shape index (κ1) is 14.5. The molecule has 0 amide bonds. The fourth-order valence-electron chi connectivity index (χ4n) is 1.97. The predicted octanol–water partition coefficient (Wildman–Crippen LogP) is 4.02. The number of benzene rings is 1. The molecule has 3 heteroatoms. The van der Waals surface area contributed by atoms with Gasteiger partial charge in [-0.3, -0.25) is 4.90 Å². The van der Waals surface area contributed by atoms with E-state index in [-0.39, 0.29) is 0 Å². The summed E-state index contributed by atoms with van der Waals surface area (Å²) in [6.07, 6.45) is 1.17. The van der Waals surface area contributed by atoms with Crippen LogP contribution in [0.4, 0.5) is 0 Å². The molecule has 0 aliphatic heterocycles. The number of phenols is 1. The molecular formula is C14H22BrNO. The molecule has 1 N–H and O–H groups in total. The van der Waals surface area contributed by atoms with Crippen LogP contribution in [0.1, 0.15) is 32.8 Å². The van der Waals surface area contributed by atoms with E-state index >= 15 is 0 Å². The number of hydrogen-bond donors (Lipinski definition) is 1. The van der Waals surface area contributed by atoms with Gasteiger partial charge in [0.05, 0.1) is 0 Å². The van der Waals surface area contributed by atoms with Crippen molar-refractivity contribution in [3.05, 3.63) is 28.2 Å². The first-order valence-electron chi connectivity index (χ1n) is 6.07. The monoisotopic (exact) mass is 299 g/mol. The molecule has 0 aliphatic carbocycles. The van der Waals surface area contributed by atoms with Gasteiger partial charge in [-0.2, -0.15) is 0 Å². The Morgan fingerprint density at radius 2 is 1.94 bits per heavy atom. The normalized spacial score (nSPS) is 13.4. The molecule has 1 aromatic rings. The Morgan fingerprint density at radius 3 is 2.53 bits per heavy atom. The molecule has 2 nitrogen and oxygen atoms in total. The highest BCUT2D eigenvalue weighted by Gasteiger charge is 2.13. The lowest BCUT2D eigenvalue weighted by molar-refractivity contribution is 0.218. The van der Waals surface area contributed by atoms with Crippen LogP contribution < -0.4 is 0 Å². The number of phenolic OH excluding ortho intramolecular Hbond substituents is 1. The van der Waals surface area contributed by atoms with Crippen LogP contribution in [0.3, 0.4) is 0 Å². The zero-order valence-electron chi connectivity index (χ0n) is 11.1. The summed E-state index contributed by atoms with van der Waals surface area (Å²) in [5.74, 6) is 1.07. The number of halogens is 1. The Hall–Kier alpha value is -0.540. The number of rotatable bonds is 5. The highest BCUT2D eigenvalue weighted by molar-refractivity contribution is 9.10. The van der Waals surface area contributed by atoms with Gasteiger partial charge in [0.1, 0.15) is 5.75 Å². The molecule has 0 aliphatic rings. The smallest absolute Gasteiger partial charge is 0.120 e. The summed E-state index contributed by atoms with van der Waals surface area (Å²) in [5.41, 5.74) is 0.970. The third kappa shape index (κ3) is 4.68. The van der Waals surface area contributed by atoms with Crippen LogP contribution in [0.5, 0.6) is 5.75 Å². The molecule has 1 unspecified atom stereocenters. The minimum atomic E-state index is 0.372. The first-order chi connectivity index (χ1) is 7.90. The molecule has 0 fully saturated rings. The molecule has 0 saturated heterocycles. The summed E-state index contributed by atoms with van der Waals surface area (Å²) in [6, 6.07) is 6.10. The molecule has 1 aromatic carbocycles. The molecule has 1 rings (SSSR count). The van der Waals surface area contributed by atoms with E-state index < -0.39 is 0 Å². The lowest BCUT2D eigenvalue weighted by Crippen LogP contribution is -2.29. The van der Waals surface area contributed by atoms with Crippen molar-refractivity contribution in [1.29, 1.82) is 0 Å². The van der Waals surface area contributed by atoms with E-state index in [0.29, 0.717) is 17.7 Å². The average molecular weight is 300 g/mol. The van der Waals surface area contributed by atoms with Gasteiger partial charge in [0.15, 0.2) is 0 Å². The summed E-state index contributed by atoms with van der Waals surface area (Å²) in [5, 5.41) is 9.80. The number of nitrogens with zero attached hydrogens (tertiary/aromatic N) is 1. The SMILES string of the molecule is CC(C)CC(C)N(C)Cc1cc(Br)ccc1O. The lowest BCUT2D eigenvalue weighted by atomic mass is 10.0. The summed E-state index contributed by atoms with van der Waals surface area (Å²) >= 11 is 3.43. The Bertz CT molecular complexity index is 365. The minimum absolute atomic E-state index is 0.372. The van der Waals surface area contributed by atoms with E-state index in [1.165, 1.54) is 6.42 Å². The fourth-order valence-corrected chi connectivity index (χ4v) is 2.38. The Labute approximate surface area is 113 Å². The average Bonchev–Trinajstić information content (AvgIpc) is 2.22. The number of hydrogen-bond acceptors (Lipinski definition) is 2. The fraction of sp³-hybridized carbons (Fsp3) is 0.571. The summed E-state index contributed by atoms with van der Waals surface area (Å²) in [6.45, 7) is 7.48. The standard InChI is InChI=1S/C14H22BrNO/c1-10(2)7-11(3)16(4)9-12-8-13(15)5-6-14(12)17/h5-6,8,10-11,17H,7,9H2,1-4H3. The van der Waals surface area contributed by atoms with Gasteiger partial charge in [0, 0.05) is 22.6 Å². The molecule has 0 bridgehead atoms. The van der Waals surface area contributed by atoms with Crippen molar-refractivity contribution in [1.82, 2.24) is 4.90 Å². The van der Waals surface area contributed by atoms with Crippen molar-refractivity contribution in [3.63, 3.8) is 0 Å². The maximum absolute atomic E-state index is 9.80. The molecular weight excluding hydrogens is 278 g/mol. The van der Waals surface area contributed by atoms with Gasteiger partial charge in [0.25, 0.3) is 0 Å². The zero-order valence-corrected chi connectivity index (χ0v) is 12.7. The second-order valence-corrected chi connectivity index (χ2v) is 6.08. The van der Waals surface area contributed by atoms with Crippen molar-refractivity contribution in [2.24, 2.45) is 5.92 Å². The van der Waals surface area contributed by atoms with Gasteiger partial charge in [0.2, 0.25) is 0 Å². The quantitative estimate of drug-likeness (QED) is 0.887. The number of aromatic hydroxyl groups is 1. The Morgan fingerprint density at radius 1 is 1.29 bits per heavy atom. The first-order valence-corrected chi connectivity index (χ1v) is 6.87. The van der Waals surface area contributed by atoms with Crippen molar-refractivity contribution in [2.75, 3.05) is 7.05 Å². The topological polar surface area (TPSA) is 23.5 Å². The van der Waals surface area contributed by atoms with Crippen LogP contribution in [-0.2, 0) is 6.54 Å². The third-order valence-corrected chi connectivity index (χ3v) is 3.52. The summed E-state index contributed by atoms with van der Waals surface area (Å²) < 4.78 is 1.01. The summed E-state index contributed by atoms with van der Waals surface area (Å²) in [4.78, 5) is 2.28. The van der Waals surface area contributed by atoms with Gasteiger partial charge in [-0.1, -0.05) is 29.8 Å². The van der Waals surface area contributed by atoms with Crippen molar-refractivity contribution >= 4 is 15.9 Å². The highest BCUT2D eigenvalue weighted by Crippen LogP contribution is 2.24. The van der Waals surface area contributed by atoms with Crippen LogP contribution in [0.15, 0.2) is 22.7 Å². The van der Waals surface area contributed by atoms with Crippen LogP contribution in [0.2, 0.25) is 0 Å². The van der Waals surface area contributed by atoms with Gasteiger partial charge in [-0.25, -0.2) is 0 Å². The molecule has 0 aromatic heterocycles. The zero-order chi connectivity index (χ0) is 13.0. The van der Waals surface area contributed by atoms with Crippen LogP contribution >= 0.6 is 15.9 Å². The van der Waals surface area contributed by atoms with Gasteiger partial charge in [-0.05, 0) is 44.5 Å². The molecule has 96 valence electrons. The lowest BCUT2D eigenvalue weighted by Gasteiger charge is -2.26. The highest BCUT2D eigenvalue weighted by atomic mass is 79.9. The van der Waals surface area contributed by atoms with Gasteiger partial charge in [-0.15, -0.1) is 0 Å². The predicted molar refractivity (Wildman–Crippen MR) is 76.2 cm³/mol. The minimum Gasteiger partial charge on any atom is -0.508 e. The van der Waals surface area contributed by atoms with Crippen LogP contribution in [0, 0.1) is 5.92 Å². The van der Waals surface area contributed by atoms with Crippen molar-refractivity contribution in [2.45, 2.75) is 39.8 Å². The van der Waals surface area contributed by atoms with Crippen molar-refractivity contribution < 1.29 is 5.11 Å². The Kier molecular flexibility index (Phi) is 5.47. The molecule has 0 spiro atoms. The van der Waals surface area contributed by atoms with Crippen LogP contribution in [-0.4, -0.2) is 23.1 Å². The second-order valence-electron chi connectivity index (χ2n) is 5.17. The molecule has 0 saturated carbocycles. The maximum Gasteiger partial charge on any atom is 0.120 e. The van der Waals surface area contributed by atoms with E-state index in [4.69, 9.17) is 0 Å². The van der Waals surface area contributed by atoms with Gasteiger partial charge >= 0.3 is 0 Å². The van der Waals surface area contributed by atoms with E-state index in [2.05, 4.69) is 48.6 Å².